The molecule has 3 aromatic rings. The van der Waals surface area contributed by atoms with E-state index in [1.165, 1.54) is 36.5 Å². The van der Waals surface area contributed by atoms with Gasteiger partial charge in [0.05, 0.1) is 28.8 Å². The van der Waals surface area contributed by atoms with Gasteiger partial charge in [-0.15, -0.1) is 0 Å². The molecule has 4 nitrogen and oxygen atoms in total. The molecule has 0 unspecified atom stereocenters. The molecule has 0 aliphatic rings. The number of para-hydroxylation sites is 1. The number of aromatic nitrogens is 1. The average molecular weight is 393 g/mol. The molecule has 0 radical (unpaired) electrons. The highest BCUT2D eigenvalue weighted by Crippen LogP contribution is 2.34. The van der Waals surface area contributed by atoms with E-state index in [4.69, 9.17) is 0 Å². The number of nitrogens with one attached hydrogen (secondary N) is 2. The first kappa shape index (κ1) is 19.3. The molecule has 28 heavy (non-hydrogen) atoms. The topological polar surface area (TPSA) is 54.0 Å². The average Bonchev–Trinajstić information content (AvgIpc) is 2.64. The summed E-state index contributed by atoms with van der Waals surface area (Å²) in [4.78, 5) is 16.0. The monoisotopic (exact) mass is 393 g/mol. The lowest BCUT2D eigenvalue weighted by molar-refractivity contribution is -0.136. The van der Waals surface area contributed by atoms with Crippen molar-refractivity contribution in [2.45, 2.75) is 6.18 Å². The first-order valence-electron chi connectivity index (χ1n) is 7.90. The Morgan fingerprint density at radius 1 is 0.929 bits per heavy atom. The van der Waals surface area contributed by atoms with Crippen LogP contribution in [0.1, 0.15) is 16.1 Å². The highest BCUT2D eigenvalue weighted by Gasteiger charge is 2.33. The summed E-state index contributed by atoms with van der Waals surface area (Å²) >= 11 is 0. The maximum absolute atomic E-state index is 13.6. The van der Waals surface area contributed by atoms with E-state index < -0.39 is 35.0 Å². The Hall–Kier alpha value is -3.49. The summed E-state index contributed by atoms with van der Waals surface area (Å²) in [7, 11) is 0. The molecule has 1 heterocycles. The van der Waals surface area contributed by atoms with Gasteiger partial charge in [-0.05, 0) is 36.4 Å². The van der Waals surface area contributed by atoms with Gasteiger partial charge in [0, 0.05) is 6.07 Å². The molecular formula is C19H12F5N3O. The molecule has 0 saturated heterocycles. The Morgan fingerprint density at radius 3 is 2.32 bits per heavy atom. The van der Waals surface area contributed by atoms with Crippen LogP contribution in [0.4, 0.5) is 39.0 Å². The minimum Gasteiger partial charge on any atom is -0.352 e. The van der Waals surface area contributed by atoms with Gasteiger partial charge in [-0.2, -0.15) is 13.2 Å². The minimum absolute atomic E-state index is 0.000457. The molecule has 1 amide bonds. The molecule has 0 atom stereocenters. The summed E-state index contributed by atoms with van der Waals surface area (Å²) < 4.78 is 65.5. The van der Waals surface area contributed by atoms with Gasteiger partial charge in [-0.1, -0.05) is 12.1 Å². The number of anilines is 3. The Morgan fingerprint density at radius 2 is 1.68 bits per heavy atom. The van der Waals surface area contributed by atoms with Crippen LogP contribution in [-0.4, -0.2) is 10.9 Å². The lowest BCUT2D eigenvalue weighted by Gasteiger charge is -2.13. The Bertz CT molecular complexity index is 1000. The van der Waals surface area contributed by atoms with Crippen molar-refractivity contribution in [2.75, 3.05) is 10.6 Å². The second-order valence-corrected chi connectivity index (χ2v) is 5.68. The zero-order chi connectivity index (χ0) is 20.3. The van der Waals surface area contributed by atoms with E-state index in [0.717, 1.165) is 18.2 Å². The van der Waals surface area contributed by atoms with E-state index in [1.54, 1.807) is 0 Å². The predicted octanol–water partition coefficient (Wildman–Crippen LogP) is 5.37. The number of halogens is 5. The first-order chi connectivity index (χ1) is 13.2. The van der Waals surface area contributed by atoms with Crippen molar-refractivity contribution in [3.63, 3.8) is 0 Å². The third kappa shape index (κ3) is 4.43. The quantitative estimate of drug-likeness (QED) is 0.586. The van der Waals surface area contributed by atoms with Gasteiger partial charge < -0.3 is 10.6 Å². The number of alkyl halides is 3. The fourth-order valence-electron chi connectivity index (χ4n) is 2.37. The fraction of sp³-hybridized carbons (Fsp3) is 0.0526. The van der Waals surface area contributed by atoms with Gasteiger partial charge in [0.25, 0.3) is 5.91 Å². The van der Waals surface area contributed by atoms with Crippen LogP contribution >= 0.6 is 0 Å². The Kier molecular flexibility index (Phi) is 5.25. The van der Waals surface area contributed by atoms with Gasteiger partial charge in [-0.3, -0.25) is 4.79 Å². The summed E-state index contributed by atoms with van der Waals surface area (Å²) in [6.45, 7) is 0. The molecule has 9 heteroatoms. The van der Waals surface area contributed by atoms with Crippen molar-refractivity contribution in [3.8, 4) is 0 Å². The second kappa shape index (κ2) is 7.63. The first-order valence-corrected chi connectivity index (χ1v) is 7.90. The summed E-state index contributed by atoms with van der Waals surface area (Å²) in [6, 6.07) is 10.2. The maximum Gasteiger partial charge on any atom is 0.418 e. The fourth-order valence-corrected chi connectivity index (χ4v) is 2.37. The number of nitrogens with zero attached hydrogens (tertiary/aromatic N) is 1. The number of hydrogen-bond donors (Lipinski definition) is 2. The van der Waals surface area contributed by atoms with Crippen molar-refractivity contribution in [1.82, 2.24) is 4.98 Å². The summed E-state index contributed by atoms with van der Waals surface area (Å²) in [5, 5.41) is 4.83. The molecule has 144 valence electrons. The van der Waals surface area contributed by atoms with Gasteiger partial charge in [-0.25, -0.2) is 13.8 Å². The number of hydrogen-bond acceptors (Lipinski definition) is 3. The maximum atomic E-state index is 13.6. The third-order valence-corrected chi connectivity index (χ3v) is 3.69. The van der Waals surface area contributed by atoms with Gasteiger partial charge >= 0.3 is 6.18 Å². The van der Waals surface area contributed by atoms with E-state index in [9.17, 15) is 26.7 Å². The van der Waals surface area contributed by atoms with Gasteiger partial charge in [0.2, 0.25) is 0 Å². The van der Waals surface area contributed by atoms with Crippen molar-refractivity contribution in [2.24, 2.45) is 0 Å². The number of pyridine rings is 1. The normalized spacial score (nSPS) is 11.2. The zero-order valence-electron chi connectivity index (χ0n) is 14.0. The van der Waals surface area contributed by atoms with E-state index in [2.05, 4.69) is 15.6 Å². The van der Waals surface area contributed by atoms with Crippen LogP contribution < -0.4 is 10.6 Å². The van der Waals surface area contributed by atoms with Crippen LogP contribution in [0.15, 0.2) is 60.8 Å². The smallest absolute Gasteiger partial charge is 0.352 e. The number of amides is 1. The standard InChI is InChI=1S/C19H12F5N3O/c20-11-5-7-16(14(21)9-11)26-12-6-8-17(25-10-12)18(28)27-15-4-2-1-3-13(15)19(22,23)24/h1-10,26H,(H,27,28). The van der Waals surface area contributed by atoms with Gasteiger partial charge in [0.15, 0.2) is 0 Å². The Balaban J connectivity index is 1.74. The van der Waals surface area contributed by atoms with Crippen LogP contribution in [-0.2, 0) is 6.18 Å². The van der Waals surface area contributed by atoms with Crippen LogP contribution in [0.2, 0.25) is 0 Å². The number of benzene rings is 2. The second-order valence-electron chi connectivity index (χ2n) is 5.68. The van der Waals surface area contributed by atoms with Crippen LogP contribution in [0.5, 0.6) is 0 Å². The highest BCUT2D eigenvalue weighted by molar-refractivity contribution is 6.03. The minimum atomic E-state index is -4.62. The Labute approximate surface area is 156 Å². The SMILES string of the molecule is O=C(Nc1ccccc1C(F)(F)F)c1ccc(Nc2ccc(F)cc2F)cn1. The van der Waals surface area contributed by atoms with Crippen molar-refractivity contribution >= 4 is 23.0 Å². The number of rotatable bonds is 4. The molecule has 1 aromatic heterocycles. The summed E-state index contributed by atoms with van der Waals surface area (Å²) in [5.41, 5.74) is -1.20. The molecular weight excluding hydrogens is 381 g/mol. The highest BCUT2D eigenvalue weighted by atomic mass is 19.4. The summed E-state index contributed by atoms with van der Waals surface area (Å²) in [5.74, 6) is -2.38. The van der Waals surface area contributed by atoms with Crippen molar-refractivity contribution < 1.29 is 26.7 Å². The van der Waals surface area contributed by atoms with Crippen molar-refractivity contribution in [3.05, 3.63) is 83.7 Å². The lowest BCUT2D eigenvalue weighted by Crippen LogP contribution is -2.17. The van der Waals surface area contributed by atoms with Gasteiger partial charge in [0.1, 0.15) is 17.3 Å². The van der Waals surface area contributed by atoms with E-state index in [1.807, 2.05) is 0 Å². The molecule has 0 aliphatic heterocycles. The predicted molar refractivity (Wildman–Crippen MR) is 93.3 cm³/mol. The molecule has 0 fully saturated rings. The molecule has 0 spiro atoms. The van der Waals surface area contributed by atoms with E-state index >= 15 is 0 Å². The molecule has 0 bridgehead atoms. The van der Waals surface area contributed by atoms with E-state index in [0.29, 0.717) is 11.8 Å². The largest absolute Gasteiger partial charge is 0.418 e. The lowest BCUT2D eigenvalue weighted by atomic mass is 10.1. The molecule has 0 saturated carbocycles. The molecule has 2 aromatic carbocycles. The van der Waals surface area contributed by atoms with Crippen LogP contribution in [0, 0.1) is 11.6 Å². The van der Waals surface area contributed by atoms with Crippen LogP contribution in [0.3, 0.4) is 0 Å². The zero-order valence-corrected chi connectivity index (χ0v) is 14.0. The molecule has 2 N–H and O–H groups in total. The molecule has 3 rings (SSSR count). The third-order valence-electron chi connectivity index (χ3n) is 3.69. The number of carbonyl (C=O) groups excluding carboxylic acids is 1. The number of carbonyl (C=O) groups is 1. The van der Waals surface area contributed by atoms with Crippen molar-refractivity contribution in [1.29, 1.82) is 0 Å². The molecule has 0 aliphatic carbocycles. The van der Waals surface area contributed by atoms with E-state index in [-0.39, 0.29) is 11.4 Å². The van der Waals surface area contributed by atoms with Crippen LogP contribution in [0.25, 0.3) is 0 Å². The summed E-state index contributed by atoms with van der Waals surface area (Å²) in [6.07, 6.45) is -3.42.